The number of piperidine rings is 1. The number of para-hydroxylation sites is 1. The second-order valence-corrected chi connectivity index (χ2v) is 9.22. The van der Waals surface area contributed by atoms with Crippen LogP contribution >= 0.6 is 11.6 Å². The first kappa shape index (κ1) is 24.5. The van der Waals surface area contributed by atoms with Gasteiger partial charge >= 0.3 is 0 Å². The highest BCUT2D eigenvalue weighted by atomic mass is 35.5. The molecule has 32 heavy (non-hydrogen) atoms. The molecule has 3 rings (SSSR count). The molecule has 0 radical (unpaired) electrons. The Labute approximate surface area is 196 Å². The number of nitrogens with two attached hydrogens (primary N) is 1. The van der Waals surface area contributed by atoms with E-state index >= 15 is 0 Å². The van der Waals surface area contributed by atoms with Gasteiger partial charge in [-0.15, -0.1) is 0 Å². The van der Waals surface area contributed by atoms with Crippen LogP contribution in [0.1, 0.15) is 53.4 Å². The van der Waals surface area contributed by atoms with Crippen molar-refractivity contribution in [3.8, 4) is 0 Å². The van der Waals surface area contributed by atoms with Crippen molar-refractivity contribution >= 4 is 23.2 Å². The van der Waals surface area contributed by atoms with Gasteiger partial charge in [0.2, 0.25) is 0 Å². The topological polar surface area (TPSA) is 83.3 Å². The van der Waals surface area contributed by atoms with Crippen molar-refractivity contribution in [2.24, 2.45) is 0 Å². The third-order valence-electron chi connectivity index (χ3n) is 6.48. The standard InChI is InChI=1S/C25H36ClN5O/c1-17-16-23(26)30-19(3)24(17)25(32)29-12-8-18(2)31-14-10-21(11-15-31)28-13-9-20-6-4-5-7-22(20)27/h4-7,16,18,21,28H,8-15,27H2,1-3H3,(H,29,32)/t18-/m1/s1. The van der Waals surface area contributed by atoms with Gasteiger partial charge in [0.05, 0.1) is 11.3 Å². The summed E-state index contributed by atoms with van der Waals surface area (Å²) in [6, 6.07) is 10.8. The molecule has 1 atom stereocenters. The van der Waals surface area contributed by atoms with Gasteiger partial charge in [-0.05, 0) is 89.3 Å². The van der Waals surface area contributed by atoms with E-state index in [1.807, 2.05) is 32.0 Å². The molecular weight excluding hydrogens is 422 g/mol. The van der Waals surface area contributed by atoms with E-state index in [1.165, 1.54) is 5.56 Å². The molecule has 0 bridgehead atoms. The maximum atomic E-state index is 12.6. The lowest BCUT2D eigenvalue weighted by Crippen LogP contribution is -2.47. The third-order valence-corrected chi connectivity index (χ3v) is 6.67. The zero-order valence-electron chi connectivity index (χ0n) is 19.5. The molecule has 1 aliphatic rings. The number of nitrogens with one attached hydrogen (secondary N) is 2. The van der Waals surface area contributed by atoms with Crippen molar-refractivity contribution in [2.75, 3.05) is 31.9 Å². The number of halogens is 1. The largest absolute Gasteiger partial charge is 0.399 e. The molecule has 2 heterocycles. The van der Waals surface area contributed by atoms with Crippen LogP contribution in [0.5, 0.6) is 0 Å². The Bertz CT molecular complexity index is 888. The van der Waals surface area contributed by atoms with Crippen molar-refractivity contribution in [1.82, 2.24) is 20.5 Å². The monoisotopic (exact) mass is 457 g/mol. The van der Waals surface area contributed by atoms with Crippen LogP contribution in [-0.2, 0) is 6.42 Å². The molecule has 1 aromatic carbocycles. The molecule has 1 fully saturated rings. The van der Waals surface area contributed by atoms with Crippen molar-refractivity contribution < 1.29 is 4.79 Å². The molecule has 0 saturated carbocycles. The van der Waals surface area contributed by atoms with Crippen LogP contribution in [0.4, 0.5) is 5.69 Å². The van der Waals surface area contributed by atoms with E-state index in [0.29, 0.717) is 35.0 Å². The molecule has 0 spiro atoms. The van der Waals surface area contributed by atoms with Gasteiger partial charge in [0.25, 0.3) is 5.91 Å². The number of nitrogens with zero attached hydrogens (tertiary/aromatic N) is 2. The van der Waals surface area contributed by atoms with E-state index in [0.717, 1.165) is 56.6 Å². The van der Waals surface area contributed by atoms with E-state index in [2.05, 4.69) is 33.5 Å². The number of rotatable bonds is 9. The summed E-state index contributed by atoms with van der Waals surface area (Å²) < 4.78 is 0. The average molecular weight is 458 g/mol. The van der Waals surface area contributed by atoms with Gasteiger partial charge in [-0.25, -0.2) is 4.98 Å². The smallest absolute Gasteiger partial charge is 0.253 e. The van der Waals surface area contributed by atoms with Gasteiger partial charge in [-0.3, -0.25) is 4.79 Å². The predicted molar refractivity (Wildman–Crippen MR) is 132 cm³/mol. The van der Waals surface area contributed by atoms with Crippen LogP contribution in [-0.4, -0.2) is 54.1 Å². The normalized spacial score (nSPS) is 16.1. The number of benzene rings is 1. The van der Waals surface area contributed by atoms with Crippen molar-refractivity contribution in [1.29, 1.82) is 0 Å². The Hall–Kier alpha value is -2.15. The van der Waals surface area contributed by atoms with E-state index < -0.39 is 0 Å². The lowest BCUT2D eigenvalue weighted by Gasteiger charge is -2.36. The first-order valence-electron chi connectivity index (χ1n) is 11.6. The van der Waals surface area contributed by atoms with Crippen LogP contribution in [0, 0.1) is 13.8 Å². The quantitative estimate of drug-likeness (QED) is 0.394. The highest BCUT2D eigenvalue weighted by Gasteiger charge is 2.22. The highest BCUT2D eigenvalue weighted by molar-refractivity contribution is 6.29. The molecule has 0 unspecified atom stereocenters. The maximum Gasteiger partial charge on any atom is 0.253 e. The summed E-state index contributed by atoms with van der Waals surface area (Å²) >= 11 is 5.97. The summed E-state index contributed by atoms with van der Waals surface area (Å²) in [5.41, 5.74) is 10.3. The molecular formula is C25H36ClN5O. The Kier molecular flexibility index (Phi) is 8.91. The number of aryl methyl sites for hydroxylation is 2. The zero-order chi connectivity index (χ0) is 23.1. The van der Waals surface area contributed by atoms with E-state index in [1.54, 1.807) is 6.07 Å². The van der Waals surface area contributed by atoms with Gasteiger partial charge in [-0.1, -0.05) is 29.8 Å². The number of likely N-dealkylation sites (tertiary alicyclic amines) is 1. The number of carbonyl (C=O) groups excluding carboxylic acids is 1. The van der Waals surface area contributed by atoms with Crippen molar-refractivity contribution in [2.45, 2.75) is 58.5 Å². The fourth-order valence-electron chi connectivity index (χ4n) is 4.51. The lowest BCUT2D eigenvalue weighted by molar-refractivity contribution is 0.0943. The van der Waals surface area contributed by atoms with Crippen LogP contribution in [0.3, 0.4) is 0 Å². The second kappa shape index (κ2) is 11.6. The molecule has 7 heteroatoms. The number of aromatic nitrogens is 1. The first-order valence-corrected chi connectivity index (χ1v) is 12.0. The summed E-state index contributed by atoms with van der Waals surface area (Å²) in [5.74, 6) is -0.0710. The highest BCUT2D eigenvalue weighted by Crippen LogP contribution is 2.18. The van der Waals surface area contributed by atoms with Gasteiger partial charge in [0.1, 0.15) is 5.15 Å². The average Bonchev–Trinajstić information content (AvgIpc) is 2.75. The number of anilines is 1. The molecule has 0 aliphatic carbocycles. The van der Waals surface area contributed by atoms with Crippen LogP contribution in [0.2, 0.25) is 5.15 Å². The zero-order valence-corrected chi connectivity index (χ0v) is 20.2. The van der Waals surface area contributed by atoms with Gasteiger partial charge in [-0.2, -0.15) is 0 Å². The summed E-state index contributed by atoms with van der Waals surface area (Å²) in [7, 11) is 0. The Morgan fingerprint density at radius 3 is 2.66 bits per heavy atom. The van der Waals surface area contributed by atoms with Crippen molar-refractivity contribution in [3.63, 3.8) is 0 Å². The van der Waals surface area contributed by atoms with Gasteiger partial charge < -0.3 is 21.3 Å². The number of hydrogen-bond donors (Lipinski definition) is 3. The van der Waals surface area contributed by atoms with Crippen LogP contribution < -0.4 is 16.4 Å². The number of nitrogen functional groups attached to an aromatic ring is 1. The SMILES string of the molecule is Cc1cc(Cl)nc(C)c1C(=O)NCC[C@@H](C)N1CCC(NCCc2ccccc2N)CC1. The summed E-state index contributed by atoms with van der Waals surface area (Å²) in [6.45, 7) is 9.74. The third kappa shape index (κ3) is 6.67. The van der Waals surface area contributed by atoms with Crippen LogP contribution in [0.15, 0.2) is 30.3 Å². The molecule has 1 aromatic heterocycles. The second-order valence-electron chi connectivity index (χ2n) is 8.83. The minimum absolute atomic E-state index is 0.0710. The number of pyridine rings is 1. The minimum atomic E-state index is -0.0710. The fourth-order valence-corrected chi connectivity index (χ4v) is 4.80. The van der Waals surface area contributed by atoms with Gasteiger partial charge in [0.15, 0.2) is 0 Å². The van der Waals surface area contributed by atoms with E-state index in [4.69, 9.17) is 17.3 Å². The van der Waals surface area contributed by atoms with Crippen LogP contribution in [0.25, 0.3) is 0 Å². The molecule has 6 nitrogen and oxygen atoms in total. The number of carbonyl (C=O) groups is 1. The Morgan fingerprint density at radius 1 is 1.25 bits per heavy atom. The Balaban J connectivity index is 1.35. The summed E-state index contributed by atoms with van der Waals surface area (Å²) in [6.07, 6.45) is 4.19. The van der Waals surface area contributed by atoms with Crippen molar-refractivity contribution in [3.05, 3.63) is 57.9 Å². The fraction of sp³-hybridized carbons (Fsp3) is 0.520. The van der Waals surface area contributed by atoms with Gasteiger partial charge in [0, 0.05) is 24.3 Å². The first-order chi connectivity index (χ1) is 15.3. The molecule has 1 aliphatic heterocycles. The molecule has 1 saturated heterocycles. The predicted octanol–water partition coefficient (Wildman–Crippen LogP) is 3.74. The van der Waals surface area contributed by atoms with E-state index in [9.17, 15) is 4.79 Å². The lowest BCUT2D eigenvalue weighted by atomic mass is 10.0. The molecule has 174 valence electrons. The molecule has 4 N–H and O–H groups in total. The summed E-state index contributed by atoms with van der Waals surface area (Å²) in [5, 5.41) is 7.17. The molecule has 2 aromatic rings. The number of hydrogen-bond acceptors (Lipinski definition) is 5. The summed E-state index contributed by atoms with van der Waals surface area (Å²) in [4.78, 5) is 19.3. The Morgan fingerprint density at radius 2 is 1.97 bits per heavy atom. The number of amides is 1. The van der Waals surface area contributed by atoms with E-state index in [-0.39, 0.29) is 5.91 Å². The minimum Gasteiger partial charge on any atom is -0.399 e. The molecule has 1 amide bonds. The maximum absolute atomic E-state index is 12.6.